The number of benzene rings is 2. The van der Waals surface area contributed by atoms with Gasteiger partial charge in [-0.05, 0) is 35.9 Å². The van der Waals surface area contributed by atoms with Gasteiger partial charge >= 0.3 is 0 Å². The Morgan fingerprint density at radius 2 is 1.87 bits per heavy atom. The highest BCUT2D eigenvalue weighted by atomic mass is 35.5. The van der Waals surface area contributed by atoms with Crippen LogP contribution in [0.2, 0.25) is 5.02 Å². The fourth-order valence-corrected chi connectivity index (χ4v) is 2.51. The molecular weight excluding hydrogens is 306 g/mol. The fraction of sp³-hybridized carbons (Fsp3) is 0.0500. The second-order valence-corrected chi connectivity index (χ2v) is 5.62. The van der Waals surface area contributed by atoms with Crippen molar-refractivity contribution in [2.75, 3.05) is 0 Å². The SMILES string of the molecule is C[CH]C(=O)c1cccc(C=Cc2ccc3ccc(Cl)cc3n2)c1. The molecule has 0 saturated carbocycles. The van der Waals surface area contributed by atoms with Crippen LogP contribution < -0.4 is 0 Å². The third kappa shape index (κ3) is 3.66. The summed E-state index contributed by atoms with van der Waals surface area (Å²) in [5.41, 5.74) is 3.36. The van der Waals surface area contributed by atoms with Crippen molar-refractivity contribution < 1.29 is 4.79 Å². The average Bonchev–Trinajstić information content (AvgIpc) is 2.59. The second kappa shape index (κ2) is 6.76. The van der Waals surface area contributed by atoms with E-state index in [0.29, 0.717) is 10.6 Å². The van der Waals surface area contributed by atoms with Gasteiger partial charge in [-0.15, -0.1) is 0 Å². The van der Waals surface area contributed by atoms with E-state index >= 15 is 0 Å². The molecule has 113 valence electrons. The molecule has 2 aromatic carbocycles. The van der Waals surface area contributed by atoms with Crippen molar-refractivity contribution in [2.45, 2.75) is 6.92 Å². The van der Waals surface area contributed by atoms with Crippen LogP contribution in [0.3, 0.4) is 0 Å². The molecule has 1 aromatic heterocycles. The molecule has 0 unspecified atom stereocenters. The van der Waals surface area contributed by atoms with Crippen molar-refractivity contribution in [3.05, 3.63) is 82.9 Å². The Morgan fingerprint density at radius 3 is 2.70 bits per heavy atom. The van der Waals surface area contributed by atoms with Crippen LogP contribution in [0.1, 0.15) is 28.5 Å². The summed E-state index contributed by atoms with van der Waals surface area (Å²) in [5, 5.41) is 1.73. The molecule has 0 saturated heterocycles. The lowest BCUT2D eigenvalue weighted by Gasteiger charge is -2.01. The molecule has 0 fully saturated rings. The summed E-state index contributed by atoms with van der Waals surface area (Å²) >= 11 is 6.01. The summed E-state index contributed by atoms with van der Waals surface area (Å²) in [6.07, 6.45) is 5.45. The number of halogens is 1. The van der Waals surface area contributed by atoms with E-state index in [0.717, 1.165) is 22.2 Å². The number of aromatic nitrogens is 1. The van der Waals surface area contributed by atoms with E-state index in [1.165, 1.54) is 0 Å². The Labute approximate surface area is 140 Å². The Bertz CT molecular complexity index is 899. The van der Waals surface area contributed by atoms with Crippen LogP contribution >= 0.6 is 11.6 Å². The van der Waals surface area contributed by atoms with E-state index in [1.54, 1.807) is 13.3 Å². The van der Waals surface area contributed by atoms with Crippen molar-refractivity contribution in [1.82, 2.24) is 4.98 Å². The zero-order valence-corrected chi connectivity index (χ0v) is 13.4. The second-order valence-electron chi connectivity index (χ2n) is 5.18. The topological polar surface area (TPSA) is 30.0 Å². The lowest BCUT2D eigenvalue weighted by Crippen LogP contribution is -1.96. The summed E-state index contributed by atoms with van der Waals surface area (Å²) in [7, 11) is 0. The molecule has 0 bridgehead atoms. The Hall–Kier alpha value is -2.45. The normalized spacial score (nSPS) is 11.2. The first-order chi connectivity index (χ1) is 11.2. The minimum Gasteiger partial charge on any atom is -0.294 e. The summed E-state index contributed by atoms with van der Waals surface area (Å²) < 4.78 is 0. The highest BCUT2D eigenvalue weighted by Gasteiger charge is 2.02. The number of carbonyl (C=O) groups is 1. The number of hydrogen-bond donors (Lipinski definition) is 0. The molecule has 23 heavy (non-hydrogen) atoms. The quantitative estimate of drug-likeness (QED) is 0.597. The molecule has 0 aliphatic rings. The standard InChI is InChI=1S/C20H15ClNO/c1-2-20(23)16-5-3-4-14(12-16)6-10-18-11-8-15-7-9-17(21)13-19(15)22-18/h2-13H,1H3. The molecule has 3 heteroatoms. The van der Waals surface area contributed by atoms with Gasteiger partial charge in [-0.25, -0.2) is 4.98 Å². The molecule has 3 aromatic rings. The van der Waals surface area contributed by atoms with Crippen LogP contribution in [-0.2, 0) is 0 Å². The number of ketones is 1. The van der Waals surface area contributed by atoms with Crippen LogP contribution in [0.5, 0.6) is 0 Å². The van der Waals surface area contributed by atoms with Gasteiger partial charge in [-0.2, -0.15) is 0 Å². The van der Waals surface area contributed by atoms with Crippen molar-refractivity contribution in [1.29, 1.82) is 0 Å². The number of fused-ring (bicyclic) bond motifs is 1. The molecule has 0 aliphatic heterocycles. The van der Waals surface area contributed by atoms with Gasteiger partial charge in [0.15, 0.2) is 5.78 Å². The maximum absolute atomic E-state index is 11.7. The number of Topliss-reactive ketones (excluding diaryl/α,β-unsaturated/α-hetero) is 1. The van der Waals surface area contributed by atoms with Gasteiger partial charge in [-0.3, -0.25) is 4.79 Å². The smallest absolute Gasteiger partial charge is 0.166 e. The van der Waals surface area contributed by atoms with Crippen molar-refractivity contribution in [3.8, 4) is 0 Å². The van der Waals surface area contributed by atoms with Crippen LogP contribution in [0.15, 0.2) is 54.6 Å². The number of pyridine rings is 1. The summed E-state index contributed by atoms with van der Waals surface area (Å²) in [6, 6.07) is 17.2. The summed E-state index contributed by atoms with van der Waals surface area (Å²) in [4.78, 5) is 16.3. The predicted molar refractivity (Wildman–Crippen MR) is 96.4 cm³/mol. The number of nitrogens with zero attached hydrogens (tertiary/aromatic N) is 1. The third-order valence-electron chi connectivity index (χ3n) is 3.56. The minimum atomic E-state index is 0.0266. The van der Waals surface area contributed by atoms with E-state index < -0.39 is 0 Å². The monoisotopic (exact) mass is 320 g/mol. The first kappa shape index (κ1) is 15.4. The van der Waals surface area contributed by atoms with Gasteiger partial charge in [0.2, 0.25) is 0 Å². The Kier molecular flexibility index (Phi) is 4.54. The third-order valence-corrected chi connectivity index (χ3v) is 3.79. The lowest BCUT2D eigenvalue weighted by atomic mass is 10.1. The number of carbonyl (C=O) groups excluding carboxylic acids is 1. The average molecular weight is 321 g/mol. The van der Waals surface area contributed by atoms with Gasteiger partial charge in [0.25, 0.3) is 0 Å². The van der Waals surface area contributed by atoms with Crippen LogP contribution in [0.4, 0.5) is 0 Å². The van der Waals surface area contributed by atoms with Crippen LogP contribution in [0.25, 0.3) is 23.1 Å². The Balaban J connectivity index is 1.89. The lowest BCUT2D eigenvalue weighted by molar-refractivity contribution is 0.103. The number of hydrogen-bond acceptors (Lipinski definition) is 2. The number of rotatable bonds is 4. The van der Waals surface area contributed by atoms with Crippen molar-refractivity contribution >= 4 is 40.4 Å². The van der Waals surface area contributed by atoms with Crippen LogP contribution in [0, 0.1) is 6.42 Å². The molecule has 0 amide bonds. The molecule has 1 radical (unpaired) electrons. The van der Waals surface area contributed by atoms with Gasteiger partial charge in [0.05, 0.1) is 11.2 Å². The fourth-order valence-electron chi connectivity index (χ4n) is 2.34. The van der Waals surface area contributed by atoms with E-state index in [1.807, 2.05) is 66.7 Å². The molecular formula is C20H15ClNO. The Morgan fingerprint density at radius 1 is 1.04 bits per heavy atom. The van der Waals surface area contributed by atoms with Crippen molar-refractivity contribution in [2.24, 2.45) is 0 Å². The van der Waals surface area contributed by atoms with Gasteiger partial charge < -0.3 is 0 Å². The van der Waals surface area contributed by atoms with E-state index in [-0.39, 0.29) is 5.78 Å². The molecule has 0 atom stereocenters. The molecule has 2 nitrogen and oxygen atoms in total. The zero-order chi connectivity index (χ0) is 16.2. The van der Waals surface area contributed by atoms with Crippen molar-refractivity contribution in [3.63, 3.8) is 0 Å². The maximum atomic E-state index is 11.7. The summed E-state index contributed by atoms with van der Waals surface area (Å²) in [6.45, 7) is 1.75. The maximum Gasteiger partial charge on any atom is 0.166 e. The highest BCUT2D eigenvalue weighted by molar-refractivity contribution is 6.31. The minimum absolute atomic E-state index is 0.0266. The summed E-state index contributed by atoms with van der Waals surface area (Å²) in [5.74, 6) is 0.0266. The molecule has 3 rings (SSSR count). The first-order valence-electron chi connectivity index (χ1n) is 7.34. The van der Waals surface area contributed by atoms with Gasteiger partial charge in [0, 0.05) is 22.4 Å². The predicted octanol–water partition coefficient (Wildman–Crippen LogP) is 5.47. The zero-order valence-electron chi connectivity index (χ0n) is 12.7. The molecule has 0 aliphatic carbocycles. The largest absolute Gasteiger partial charge is 0.294 e. The molecule has 0 N–H and O–H groups in total. The molecule has 1 heterocycles. The molecule has 0 spiro atoms. The highest BCUT2D eigenvalue weighted by Crippen LogP contribution is 2.19. The van der Waals surface area contributed by atoms with Crippen LogP contribution in [-0.4, -0.2) is 10.8 Å². The van der Waals surface area contributed by atoms with Gasteiger partial charge in [0.1, 0.15) is 0 Å². The van der Waals surface area contributed by atoms with E-state index in [9.17, 15) is 4.79 Å². The first-order valence-corrected chi connectivity index (χ1v) is 7.72. The van der Waals surface area contributed by atoms with Gasteiger partial charge in [-0.1, -0.05) is 54.9 Å². The van der Waals surface area contributed by atoms with E-state index in [2.05, 4.69) is 4.98 Å². The van der Waals surface area contributed by atoms with E-state index in [4.69, 9.17) is 11.6 Å².